The van der Waals surface area contributed by atoms with E-state index < -0.39 is 0 Å². The molecule has 0 aliphatic carbocycles. The van der Waals surface area contributed by atoms with Crippen LogP contribution in [0.1, 0.15) is 59.3 Å². The van der Waals surface area contributed by atoms with Crippen LogP contribution in [-0.2, 0) is 4.79 Å². The molecule has 1 aliphatic rings. The number of rotatable bonds is 6. The second kappa shape index (κ2) is 7.13. The Bertz CT molecular complexity index is 263. The second-order valence-electron chi connectivity index (χ2n) is 6.46. The number of hydrogen-bond acceptors (Lipinski definition) is 2. The van der Waals surface area contributed by atoms with Gasteiger partial charge < -0.3 is 10.6 Å². The molecule has 0 saturated carbocycles. The molecule has 1 aliphatic heterocycles. The fourth-order valence-corrected chi connectivity index (χ4v) is 2.74. The average Bonchev–Trinajstić information content (AvgIpc) is 2.36. The number of nitrogens with zero attached hydrogens (tertiary/aromatic N) is 1. The number of piperidine rings is 1. The van der Waals surface area contributed by atoms with Crippen molar-refractivity contribution >= 4 is 5.91 Å². The lowest BCUT2D eigenvalue weighted by Crippen LogP contribution is -2.40. The number of carbonyl (C=O) groups excluding carboxylic acids is 1. The summed E-state index contributed by atoms with van der Waals surface area (Å²) in [5, 5.41) is 0. The number of nitrogens with two attached hydrogens (primary N) is 1. The van der Waals surface area contributed by atoms with Gasteiger partial charge in [-0.05, 0) is 43.6 Å². The molecule has 0 bridgehead atoms. The van der Waals surface area contributed by atoms with Crippen molar-refractivity contribution in [1.29, 1.82) is 0 Å². The minimum atomic E-state index is 0.199. The Kier molecular flexibility index (Phi) is 6.13. The maximum Gasteiger partial charge on any atom is 0.222 e. The summed E-state index contributed by atoms with van der Waals surface area (Å²) in [7, 11) is 0. The average molecular weight is 254 g/mol. The monoisotopic (exact) mass is 254 g/mol. The molecule has 1 rings (SSSR count). The Morgan fingerprint density at radius 2 is 2.11 bits per heavy atom. The minimum Gasteiger partial charge on any atom is -0.342 e. The van der Waals surface area contributed by atoms with Crippen LogP contribution in [0.3, 0.4) is 0 Å². The highest BCUT2D eigenvalue weighted by Gasteiger charge is 2.24. The van der Waals surface area contributed by atoms with Crippen LogP contribution in [0, 0.1) is 11.3 Å². The lowest BCUT2D eigenvalue weighted by molar-refractivity contribution is -0.133. The maximum absolute atomic E-state index is 12.2. The Hall–Kier alpha value is -0.570. The first kappa shape index (κ1) is 15.5. The van der Waals surface area contributed by atoms with Crippen LogP contribution in [0.5, 0.6) is 0 Å². The van der Waals surface area contributed by atoms with Crippen molar-refractivity contribution in [2.75, 3.05) is 19.6 Å². The molecule has 3 nitrogen and oxygen atoms in total. The minimum absolute atomic E-state index is 0.199. The zero-order valence-electron chi connectivity index (χ0n) is 12.4. The summed E-state index contributed by atoms with van der Waals surface area (Å²) in [5.74, 6) is 1.07. The molecule has 1 fully saturated rings. The van der Waals surface area contributed by atoms with E-state index in [2.05, 4.69) is 25.7 Å². The molecule has 1 unspecified atom stereocenters. The van der Waals surface area contributed by atoms with Gasteiger partial charge in [-0.25, -0.2) is 0 Å². The molecule has 106 valence electrons. The van der Waals surface area contributed by atoms with E-state index >= 15 is 0 Å². The van der Waals surface area contributed by atoms with Gasteiger partial charge in [-0.3, -0.25) is 4.79 Å². The van der Waals surface area contributed by atoms with Crippen LogP contribution in [0.25, 0.3) is 0 Å². The molecule has 3 heteroatoms. The van der Waals surface area contributed by atoms with E-state index in [0.717, 1.165) is 31.8 Å². The van der Waals surface area contributed by atoms with Crippen LogP contribution >= 0.6 is 0 Å². The van der Waals surface area contributed by atoms with Gasteiger partial charge in [0, 0.05) is 19.5 Å². The summed E-state index contributed by atoms with van der Waals surface area (Å²) in [5.41, 5.74) is 5.80. The standard InChI is InChI=1S/C15H30N2O/c1-4-13-6-5-11-17(12-13)14(18)7-8-15(2,3)9-10-16/h13H,4-12,16H2,1-3H3. The molecule has 0 aromatic heterocycles. The summed E-state index contributed by atoms with van der Waals surface area (Å²) in [6, 6.07) is 0. The van der Waals surface area contributed by atoms with Crippen molar-refractivity contribution in [2.45, 2.75) is 59.3 Å². The predicted octanol–water partition coefficient (Wildman–Crippen LogP) is 2.79. The Balaban J connectivity index is 2.36. The van der Waals surface area contributed by atoms with E-state index in [9.17, 15) is 4.79 Å². The Labute approximate surface area is 112 Å². The molecular weight excluding hydrogens is 224 g/mol. The summed E-state index contributed by atoms with van der Waals surface area (Å²) < 4.78 is 0. The van der Waals surface area contributed by atoms with Gasteiger partial charge in [0.15, 0.2) is 0 Å². The first-order chi connectivity index (χ1) is 8.48. The summed E-state index contributed by atoms with van der Waals surface area (Å²) in [6.07, 6.45) is 6.30. The molecule has 0 radical (unpaired) electrons. The number of hydrogen-bond donors (Lipinski definition) is 1. The van der Waals surface area contributed by atoms with E-state index in [4.69, 9.17) is 5.73 Å². The fourth-order valence-electron chi connectivity index (χ4n) is 2.74. The third-order valence-corrected chi connectivity index (χ3v) is 4.29. The van der Waals surface area contributed by atoms with Crippen LogP contribution in [-0.4, -0.2) is 30.4 Å². The SMILES string of the molecule is CCC1CCCN(C(=O)CCC(C)(C)CCN)C1. The molecule has 1 amide bonds. The molecule has 18 heavy (non-hydrogen) atoms. The molecule has 1 heterocycles. The zero-order chi connectivity index (χ0) is 13.6. The fraction of sp³-hybridized carbons (Fsp3) is 0.933. The maximum atomic E-state index is 12.2. The molecule has 2 N–H and O–H groups in total. The quantitative estimate of drug-likeness (QED) is 0.792. The van der Waals surface area contributed by atoms with E-state index in [1.807, 2.05) is 0 Å². The highest BCUT2D eigenvalue weighted by Crippen LogP contribution is 2.27. The number of amides is 1. The second-order valence-corrected chi connectivity index (χ2v) is 6.46. The van der Waals surface area contributed by atoms with E-state index in [-0.39, 0.29) is 5.41 Å². The van der Waals surface area contributed by atoms with Crippen molar-refractivity contribution in [2.24, 2.45) is 17.1 Å². The molecule has 0 aromatic rings. The first-order valence-corrected chi connectivity index (χ1v) is 7.46. The summed E-state index contributed by atoms with van der Waals surface area (Å²) >= 11 is 0. The lowest BCUT2D eigenvalue weighted by atomic mass is 9.84. The summed E-state index contributed by atoms with van der Waals surface area (Å²) in [4.78, 5) is 14.3. The normalized spacial score (nSPS) is 21.1. The third kappa shape index (κ3) is 4.97. The highest BCUT2D eigenvalue weighted by molar-refractivity contribution is 5.76. The molecular formula is C15H30N2O. The molecule has 0 aromatic carbocycles. The topological polar surface area (TPSA) is 46.3 Å². The van der Waals surface area contributed by atoms with E-state index in [1.165, 1.54) is 19.3 Å². The van der Waals surface area contributed by atoms with Gasteiger partial charge in [0.2, 0.25) is 5.91 Å². The Morgan fingerprint density at radius 1 is 1.39 bits per heavy atom. The lowest BCUT2D eigenvalue weighted by Gasteiger charge is -2.33. The first-order valence-electron chi connectivity index (χ1n) is 7.46. The van der Waals surface area contributed by atoms with Gasteiger partial charge in [-0.1, -0.05) is 27.2 Å². The van der Waals surface area contributed by atoms with Crippen molar-refractivity contribution in [3.63, 3.8) is 0 Å². The van der Waals surface area contributed by atoms with Crippen molar-refractivity contribution in [3.05, 3.63) is 0 Å². The number of likely N-dealkylation sites (tertiary alicyclic amines) is 1. The highest BCUT2D eigenvalue weighted by atomic mass is 16.2. The number of carbonyl (C=O) groups is 1. The third-order valence-electron chi connectivity index (χ3n) is 4.29. The largest absolute Gasteiger partial charge is 0.342 e. The smallest absolute Gasteiger partial charge is 0.222 e. The van der Waals surface area contributed by atoms with Gasteiger partial charge in [0.1, 0.15) is 0 Å². The van der Waals surface area contributed by atoms with E-state index in [1.54, 1.807) is 0 Å². The van der Waals surface area contributed by atoms with Crippen LogP contribution in [0.4, 0.5) is 0 Å². The van der Waals surface area contributed by atoms with Crippen LogP contribution in [0.2, 0.25) is 0 Å². The summed E-state index contributed by atoms with van der Waals surface area (Å²) in [6.45, 7) is 9.29. The van der Waals surface area contributed by atoms with Gasteiger partial charge in [-0.15, -0.1) is 0 Å². The molecule has 1 saturated heterocycles. The van der Waals surface area contributed by atoms with Crippen molar-refractivity contribution in [3.8, 4) is 0 Å². The van der Waals surface area contributed by atoms with Gasteiger partial charge >= 0.3 is 0 Å². The molecule has 0 spiro atoms. The van der Waals surface area contributed by atoms with Gasteiger partial charge in [-0.2, -0.15) is 0 Å². The van der Waals surface area contributed by atoms with Gasteiger partial charge in [0.25, 0.3) is 0 Å². The van der Waals surface area contributed by atoms with Crippen LogP contribution < -0.4 is 5.73 Å². The van der Waals surface area contributed by atoms with Crippen molar-refractivity contribution in [1.82, 2.24) is 4.90 Å². The predicted molar refractivity (Wildman–Crippen MR) is 76.3 cm³/mol. The van der Waals surface area contributed by atoms with Crippen molar-refractivity contribution < 1.29 is 4.79 Å². The zero-order valence-corrected chi connectivity index (χ0v) is 12.4. The van der Waals surface area contributed by atoms with E-state index in [0.29, 0.717) is 18.9 Å². The Morgan fingerprint density at radius 3 is 2.72 bits per heavy atom. The van der Waals surface area contributed by atoms with Gasteiger partial charge in [0.05, 0.1) is 0 Å². The van der Waals surface area contributed by atoms with Crippen LogP contribution in [0.15, 0.2) is 0 Å². The molecule has 1 atom stereocenters.